The number of nitrogens with zero attached hydrogens (tertiary/aromatic N) is 1. The summed E-state index contributed by atoms with van der Waals surface area (Å²) in [6.45, 7) is 3.02. The van der Waals surface area contributed by atoms with Gasteiger partial charge in [0.25, 0.3) is 0 Å². The summed E-state index contributed by atoms with van der Waals surface area (Å²) < 4.78 is 0.678. The van der Waals surface area contributed by atoms with Gasteiger partial charge in [-0.1, -0.05) is 30.9 Å². The second-order valence-corrected chi connectivity index (χ2v) is 4.40. The molecule has 1 atom stereocenters. The summed E-state index contributed by atoms with van der Waals surface area (Å²) in [5, 5.41) is 0.0315. The zero-order valence-electron chi connectivity index (χ0n) is 6.95. The van der Waals surface area contributed by atoms with Crippen LogP contribution in [-0.4, -0.2) is 33.5 Å². The highest BCUT2D eigenvalue weighted by molar-refractivity contribution is 8.24. The third-order valence-corrected chi connectivity index (χ3v) is 3.48. The number of carbonyl (C=O) groups excluding carboxylic acids is 1. The monoisotopic (exact) mass is 204 g/mol. The van der Waals surface area contributed by atoms with Crippen LogP contribution in [0.2, 0.25) is 0 Å². The fourth-order valence-electron chi connectivity index (χ4n) is 1.09. The molecule has 0 aliphatic carbocycles. The predicted molar refractivity (Wildman–Crippen MR) is 55.0 cm³/mol. The van der Waals surface area contributed by atoms with E-state index in [1.54, 1.807) is 4.90 Å². The smallest absolute Gasteiger partial charge is 0.241 e. The van der Waals surface area contributed by atoms with E-state index in [0.717, 1.165) is 6.42 Å². The van der Waals surface area contributed by atoms with Crippen LogP contribution >= 0.6 is 24.0 Å². The molecule has 1 rings (SSSR count). The van der Waals surface area contributed by atoms with Gasteiger partial charge in [0, 0.05) is 13.1 Å². The molecular weight excluding hydrogens is 192 g/mol. The van der Waals surface area contributed by atoms with Crippen molar-refractivity contribution in [3.05, 3.63) is 0 Å². The first-order chi connectivity index (χ1) is 5.70. The zero-order chi connectivity index (χ0) is 9.14. The van der Waals surface area contributed by atoms with Crippen molar-refractivity contribution in [1.29, 1.82) is 0 Å². The molecule has 0 spiro atoms. The molecule has 68 valence electrons. The van der Waals surface area contributed by atoms with Crippen LogP contribution in [0.1, 0.15) is 13.3 Å². The van der Waals surface area contributed by atoms with Crippen molar-refractivity contribution < 1.29 is 4.79 Å². The van der Waals surface area contributed by atoms with Crippen LogP contribution in [-0.2, 0) is 4.79 Å². The number of hydrogen-bond acceptors (Lipinski definition) is 4. The third kappa shape index (κ3) is 1.78. The first kappa shape index (κ1) is 9.95. The molecule has 0 aromatic carbocycles. The molecule has 0 aromatic rings. The number of thiocarbonyl (C=S) groups is 1. The molecule has 0 radical (unpaired) electrons. The lowest BCUT2D eigenvalue weighted by Gasteiger charge is -2.13. The van der Waals surface area contributed by atoms with Gasteiger partial charge in [-0.05, 0) is 6.42 Å². The van der Waals surface area contributed by atoms with Gasteiger partial charge in [-0.15, -0.1) is 0 Å². The lowest BCUT2D eigenvalue weighted by molar-refractivity contribution is -0.126. The molecule has 1 amide bonds. The average molecular weight is 204 g/mol. The van der Waals surface area contributed by atoms with Crippen molar-refractivity contribution in [1.82, 2.24) is 4.90 Å². The quantitative estimate of drug-likeness (QED) is 0.683. The molecule has 1 saturated heterocycles. The molecule has 5 heteroatoms. The Morgan fingerprint density at radius 2 is 2.42 bits per heavy atom. The zero-order valence-corrected chi connectivity index (χ0v) is 8.58. The highest BCUT2D eigenvalue weighted by Gasteiger charge is 2.34. The van der Waals surface area contributed by atoms with E-state index in [9.17, 15) is 4.79 Å². The molecule has 1 aliphatic heterocycles. The van der Waals surface area contributed by atoms with Crippen molar-refractivity contribution in [3.8, 4) is 0 Å². The largest absolute Gasteiger partial charge is 0.329 e. The summed E-state index contributed by atoms with van der Waals surface area (Å²) in [6.07, 6.45) is 0.838. The third-order valence-electron chi connectivity index (χ3n) is 1.73. The molecule has 1 aliphatic rings. The molecule has 2 N–H and O–H groups in total. The summed E-state index contributed by atoms with van der Waals surface area (Å²) in [7, 11) is 0. The topological polar surface area (TPSA) is 46.3 Å². The van der Waals surface area contributed by atoms with Crippen LogP contribution in [0.25, 0.3) is 0 Å². The Balaban J connectivity index is 2.64. The van der Waals surface area contributed by atoms with Gasteiger partial charge in [-0.3, -0.25) is 9.69 Å². The Morgan fingerprint density at radius 3 is 2.83 bits per heavy atom. The Kier molecular flexibility index (Phi) is 3.49. The van der Waals surface area contributed by atoms with E-state index in [0.29, 0.717) is 17.4 Å². The Bertz CT molecular complexity index is 208. The second-order valence-electron chi connectivity index (χ2n) is 2.56. The molecule has 0 saturated carbocycles. The number of carbonyl (C=O) groups is 1. The minimum atomic E-state index is 0.0315. The van der Waals surface area contributed by atoms with E-state index in [2.05, 4.69) is 0 Å². The van der Waals surface area contributed by atoms with Crippen LogP contribution < -0.4 is 5.73 Å². The fourth-order valence-corrected chi connectivity index (χ4v) is 2.56. The summed E-state index contributed by atoms with van der Waals surface area (Å²) in [5.74, 6) is 0.123. The normalized spacial score (nSPS) is 23.8. The molecule has 3 nitrogen and oxygen atoms in total. The number of thioether (sulfide) groups is 1. The summed E-state index contributed by atoms with van der Waals surface area (Å²) in [5.41, 5.74) is 5.36. The van der Waals surface area contributed by atoms with Crippen molar-refractivity contribution in [2.45, 2.75) is 18.6 Å². The van der Waals surface area contributed by atoms with E-state index in [4.69, 9.17) is 18.0 Å². The van der Waals surface area contributed by atoms with Crippen LogP contribution in [0, 0.1) is 0 Å². The summed E-state index contributed by atoms with van der Waals surface area (Å²) in [6, 6.07) is 0. The predicted octanol–water partition coefficient (Wildman–Crippen LogP) is 0.584. The standard InChI is InChI=1S/C7H12N2OS2/c1-2-5-6(10)9(4-3-8)7(11)12-5/h5H,2-4,8H2,1H3. The fraction of sp³-hybridized carbons (Fsp3) is 0.714. The minimum Gasteiger partial charge on any atom is -0.329 e. The highest BCUT2D eigenvalue weighted by Crippen LogP contribution is 2.28. The van der Waals surface area contributed by atoms with E-state index in [-0.39, 0.29) is 11.2 Å². The van der Waals surface area contributed by atoms with Crippen molar-refractivity contribution >= 4 is 34.2 Å². The van der Waals surface area contributed by atoms with Crippen molar-refractivity contribution in [2.75, 3.05) is 13.1 Å². The Labute approximate surface area is 81.7 Å². The lowest BCUT2D eigenvalue weighted by atomic mass is 10.3. The number of hydrogen-bond donors (Lipinski definition) is 1. The Morgan fingerprint density at radius 1 is 1.75 bits per heavy atom. The Hall–Kier alpha value is -0.130. The van der Waals surface area contributed by atoms with Gasteiger partial charge >= 0.3 is 0 Å². The van der Waals surface area contributed by atoms with Crippen molar-refractivity contribution in [3.63, 3.8) is 0 Å². The van der Waals surface area contributed by atoms with Gasteiger partial charge in [0.05, 0.1) is 5.25 Å². The summed E-state index contributed by atoms with van der Waals surface area (Å²) >= 11 is 6.51. The van der Waals surface area contributed by atoms with Gasteiger partial charge < -0.3 is 5.73 Å². The second kappa shape index (κ2) is 4.20. The molecule has 12 heavy (non-hydrogen) atoms. The van der Waals surface area contributed by atoms with Gasteiger partial charge in [0.15, 0.2) is 0 Å². The molecule has 1 heterocycles. The van der Waals surface area contributed by atoms with Crippen molar-refractivity contribution in [2.24, 2.45) is 5.73 Å². The van der Waals surface area contributed by atoms with Gasteiger partial charge in [-0.25, -0.2) is 0 Å². The maximum Gasteiger partial charge on any atom is 0.241 e. The van der Waals surface area contributed by atoms with E-state index in [1.165, 1.54) is 11.8 Å². The highest BCUT2D eigenvalue weighted by atomic mass is 32.2. The van der Waals surface area contributed by atoms with E-state index in [1.807, 2.05) is 6.92 Å². The van der Waals surface area contributed by atoms with Crippen LogP contribution in [0.5, 0.6) is 0 Å². The SMILES string of the molecule is CCC1SC(=S)N(CCN)C1=O. The molecular formula is C7H12N2OS2. The number of rotatable bonds is 3. The van der Waals surface area contributed by atoms with E-state index >= 15 is 0 Å². The van der Waals surface area contributed by atoms with Crippen LogP contribution in [0.15, 0.2) is 0 Å². The first-order valence-electron chi connectivity index (χ1n) is 3.92. The maximum atomic E-state index is 11.5. The van der Waals surface area contributed by atoms with Gasteiger partial charge in [0.1, 0.15) is 4.32 Å². The number of nitrogens with two attached hydrogens (primary N) is 1. The van der Waals surface area contributed by atoms with Crippen LogP contribution in [0.3, 0.4) is 0 Å². The molecule has 0 bridgehead atoms. The maximum absolute atomic E-state index is 11.5. The van der Waals surface area contributed by atoms with E-state index < -0.39 is 0 Å². The minimum absolute atomic E-state index is 0.0315. The average Bonchev–Trinajstić information content (AvgIpc) is 2.32. The molecule has 1 fully saturated rings. The van der Waals surface area contributed by atoms with Gasteiger partial charge in [-0.2, -0.15) is 0 Å². The molecule has 0 aromatic heterocycles. The summed E-state index contributed by atoms with van der Waals surface area (Å²) in [4.78, 5) is 13.1. The van der Waals surface area contributed by atoms with Gasteiger partial charge in [0.2, 0.25) is 5.91 Å². The first-order valence-corrected chi connectivity index (χ1v) is 5.21. The molecule has 1 unspecified atom stereocenters. The lowest BCUT2D eigenvalue weighted by Crippen LogP contribution is -2.35. The van der Waals surface area contributed by atoms with Crippen LogP contribution in [0.4, 0.5) is 0 Å². The number of amides is 1.